The molecule has 0 aliphatic heterocycles. The number of hydrogen-bond acceptors (Lipinski definition) is 3. The first kappa shape index (κ1) is 20.5. The van der Waals surface area contributed by atoms with E-state index >= 15 is 0 Å². The highest BCUT2D eigenvalue weighted by atomic mass is 35.5. The standard InChI is InChI=1S/C17H16ClF3N4O2/c1-10-2-5-14(23-9-10)25-15(26)6-7-22-16(27)24-11-3-4-13(18)12(8-11)17(19,20)21/h2-5,8-9H,6-7H2,1H3,(H2,22,24,27)(H,23,25,26). The third kappa shape index (κ3) is 6.45. The van der Waals surface area contributed by atoms with Crippen molar-refractivity contribution in [1.29, 1.82) is 0 Å². The summed E-state index contributed by atoms with van der Waals surface area (Å²) < 4.78 is 38.4. The van der Waals surface area contributed by atoms with E-state index in [4.69, 9.17) is 11.6 Å². The van der Waals surface area contributed by atoms with Crippen LogP contribution in [0.25, 0.3) is 0 Å². The summed E-state index contributed by atoms with van der Waals surface area (Å²) in [5.74, 6) is 0.0217. The van der Waals surface area contributed by atoms with E-state index in [9.17, 15) is 22.8 Å². The van der Waals surface area contributed by atoms with E-state index in [1.165, 1.54) is 6.07 Å². The molecule has 0 spiro atoms. The second-order valence-electron chi connectivity index (χ2n) is 5.59. The Hall–Kier alpha value is -2.81. The number of nitrogens with zero attached hydrogens (tertiary/aromatic N) is 1. The van der Waals surface area contributed by atoms with Crippen molar-refractivity contribution >= 4 is 35.0 Å². The summed E-state index contributed by atoms with van der Waals surface area (Å²) in [4.78, 5) is 27.5. The van der Waals surface area contributed by atoms with Crippen LogP contribution >= 0.6 is 11.6 Å². The maximum absolute atomic E-state index is 12.8. The Bertz CT molecular complexity index is 826. The first-order chi connectivity index (χ1) is 12.6. The molecule has 1 aromatic heterocycles. The Morgan fingerprint density at radius 1 is 1.15 bits per heavy atom. The van der Waals surface area contributed by atoms with Crippen molar-refractivity contribution in [3.63, 3.8) is 0 Å². The van der Waals surface area contributed by atoms with Crippen molar-refractivity contribution in [3.8, 4) is 0 Å². The average Bonchev–Trinajstić information content (AvgIpc) is 2.57. The van der Waals surface area contributed by atoms with E-state index < -0.39 is 22.8 Å². The molecule has 0 fully saturated rings. The van der Waals surface area contributed by atoms with E-state index in [2.05, 4.69) is 20.9 Å². The number of nitrogens with one attached hydrogen (secondary N) is 3. The zero-order valence-electron chi connectivity index (χ0n) is 14.2. The van der Waals surface area contributed by atoms with E-state index in [1.54, 1.807) is 18.3 Å². The molecule has 0 bridgehead atoms. The van der Waals surface area contributed by atoms with Gasteiger partial charge in [0.2, 0.25) is 5.91 Å². The Morgan fingerprint density at radius 3 is 2.52 bits per heavy atom. The van der Waals surface area contributed by atoms with Gasteiger partial charge in [0.25, 0.3) is 0 Å². The zero-order chi connectivity index (χ0) is 20.0. The topological polar surface area (TPSA) is 83.1 Å². The third-order valence-corrected chi connectivity index (χ3v) is 3.68. The Kier molecular flexibility index (Phi) is 6.62. The van der Waals surface area contributed by atoms with Crippen LogP contribution in [-0.2, 0) is 11.0 Å². The lowest BCUT2D eigenvalue weighted by Gasteiger charge is -2.12. The number of alkyl halides is 3. The second kappa shape index (κ2) is 8.72. The molecule has 0 aliphatic carbocycles. The maximum Gasteiger partial charge on any atom is 0.417 e. The molecular weight excluding hydrogens is 385 g/mol. The molecule has 6 nitrogen and oxygen atoms in total. The van der Waals surface area contributed by atoms with Crippen LogP contribution in [0.5, 0.6) is 0 Å². The molecule has 0 saturated carbocycles. The highest BCUT2D eigenvalue weighted by Crippen LogP contribution is 2.36. The van der Waals surface area contributed by atoms with Crippen LogP contribution in [0.1, 0.15) is 17.5 Å². The number of carbonyl (C=O) groups is 2. The first-order valence-electron chi connectivity index (χ1n) is 7.79. The molecule has 2 aromatic rings. The van der Waals surface area contributed by atoms with Crippen molar-refractivity contribution in [2.24, 2.45) is 0 Å². The van der Waals surface area contributed by atoms with Crippen molar-refractivity contribution in [2.75, 3.05) is 17.2 Å². The van der Waals surface area contributed by atoms with Crippen LogP contribution in [-0.4, -0.2) is 23.5 Å². The third-order valence-electron chi connectivity index (χ3n) is 3.35. The number of carbonyl (C=O) groups excluding carboxylic acids is 2. The van der Waals surface area contributed by atoms with Crippen LogP contribution in [0, 0.1) is 6.92 Å². The van der Waals surface area contributed by atoms with Crippen molar-refractivity contribution in [2.45, 2.75) is 19.5 Å². The lowest BCUT2D eigenvalue weighted by Crippen LogP contribution is -2.31. The van der Waals surface area contributed by atoms with Gasteiger partial charge in [0.1, 0.15) is 5.82 Å². The van der Waals surface area contributed by atoms with Crippen LogP contribution in [0.2, 0.25) is 5.02 Å². The fraction of sp³-hybridized carbons (Fsp3) is 0.235. The van der Waals surface area contributed by atoms with Gasteiger partial charge in [-0.3, -0.25) is 4.79 Å². The van der Waals surface area contributed by atoms with Crippen molar-refractivity contribution in [3.05, 3.63) is 52.7 Å². The average molecular weight is 401 g/mol. The first-order valence-corrected chi connectivity index (χ1v) is 8.17. The number of amides is 3. The number of benzene rings is 1. The molecule has 1 aromatic carbocycles. The number of aromatic nitrogens is 1. The zero-order valence-corrected chi connectivity index (χ0v) is 14.9. The minimum absolute atomic E-state index is 0.0107. The van der Waals surface area contributed by atoms with Gasteiger partial charge in [0.05, 0.1) is 10.6 Å². The van der Waals surface area contributed by atoms with Gasteiger partial charge in [0.15, 0.2) is 0 Å². The highest BCUT2D eigenvalue weighted by Gasteiger charge is 2.33. The molecular formula is C17H16ClF3N4O2. The smallest absolute Gasteiger partial charge is 0.337 e. The number of anilines is 2. The second-order valence-corrected chi connectivity index (χ2v) is 6.00. The predicted molar refractivity (Wildman–Crippen MR) is 95.7 cm³/mol. The number of hydrogen-bond donors (Lipinski definition) is 3. The Balaban J connectivity index is 1.81. The summed E-state index contributed by atoms with van der Waals surface area (Å²) in [6.45, 7) is 1.85. The summed E-state index contributed by atoms with van der Waals surface area (Å²) >= 11 is 5.51. The van der Waals surface area contributed by atoms with Crippen LogP contribution in [0.4, 0.5) is 29.5 Å². The minimum atomic E-state index is -4.63. The molecule has 3 amide bonds. The van der Waals surface area contributed by atoms with Gasteiger partial charge >= 0.3 is 12.2 Å². The predicted octanol–water partition coefficient (Wildman–Crippen LogP) is 4.21. The molecule has 10 heteroatoms. The molecule has 0 unspecified atom stereocenters. The van der Waals surface area contributed by atoms with Gasteiger partial charge in [-0.05, 0) is 36.8 Å². The Morgan fingerprint density at radius 2 is 1.89 bits per heavy atom. The van der Waals surface area contributed by atoms with E-state index in [0.717, 1.165) is 17.7 Å². The van der Waals surface area contributed by atoms with Crippen LogP contribution in [0.15, 0.2) is 36.5 Å². The molecule has 0 aliphatic rings. The van der Waals surface area contributed by atoms with Gasteiger partial charge in [0, 0.05) is 24.8 Å². The molecule has 0 saturated heterocycles. The van der Waals surface area contributed by atoms with Crippen LogP contribution < -0.4 is 16.0 Å². The summed E-state index contributed by atoms with van der Waals surface area (Å²) in [5.41, 5.74) is -0.174. The molecule has 3 N–H and O–H groups in total. The maximum atomic E-state index is 12.8. The molecule has 0 radical (unpaired) electrons. The number of halogens is 4. The molecule has 144 valence electrons. The van der Waals surface area contributed by atoms with Gasteiger partial charge in [-0.1, -0.05) is 17.7 Å². The van der Waals surface area contributed by atoms with Crippen LogP contribution in [0.3, 0.4) is 0 Å². The number of urea groups is 1. The van der Waals surface area contributed by atoms with Gasteiger partial charge in [-0.15, -0.1) is 0 Å². The summed E-state index contributed by atoms with van der Waals surface area (Å²) in [5, 5.41) is 6.74. The summed E-state index contributed by atoms with van der Waals surface area (Å²) in [7, 11) is 0. The van der Waals surface area contributed by atoms with Crippen molar-refractivity contribution < 1.29 is 22.8 Å². The van der Waals surface area contributed by atoms with Gasteiger partial charge in [-0.25, -0.2) is 9.78 Å². The normalized spacial score (nSPS) is 11.0. The van der Waals surface area contributed by atoms with E-state index in [1.807, 2.05) is 6.92 Å². The lowest BCUT2D eigenvalue weighted by atomic mass is 10.2. The van der Waals surface area contributed by atoms with Gasteiger partial charge < -0.3 is 16.0 Å². The molecule has 0 atom stereocenters. The summed E-state index contributed by atoms with van der Waals surface area (Å²) in [6.07, 6.45) is -3.06. The number of pyridine rings is 1. The number of rotatable bonds is 5. The molecule has 27 heavy (non-hydrogen) atoms. The SMILES string of the molecule is Cc1ccc(NC(=O)CCNC(=O)Nc2ccc(Cl)c(C(F)(F)F)c2)nc1. The number of aryl methyl sites for hydroxylation is 1. The quantitative estimate of drug-likeness (QED) is 0.703. The largest absolute Gasteiger partial charge is 0.417 e. The highest BCUT2D eigenvalue weighted by molar-refractivity contribution is 6.31. The molecule has 2 rings (SSSR count). The Labute approximate surface area is 158 Å². The van der Waals surface area contributed by atoms with E-state index in [0.29, 0.717) is 5.82 Å². The van der Waals surface area contributed by atoms with Gasteiger partial charge in [-0.2, -0.15) is 13.2 Å². The molecule has 1 heterocycles. The monoisotopic (exact) mass is 400 g/mol. The van der Waals surface area contributed by atoms with Crippen molar-refractivity contribution in [1.82, 2.24) is 10.3 Å². The fourth-order valence-electron chi connectivity index (χ4n) is 2.03. The van der Waals surface area contributed by atoms with E-state index in [-0.39, 0.29) is 24.6 Å². The fourth-order valence-corrected chi connectivity index (χ4v) is 2.26. The lowest BCUT2D eigenvalue weighted by molar-refractivity contribution is -0.137. The minimum Gasteiger partial charge on any atom is -0.337 e. The summed E-state index contributed by atoms with van der Waals surface area (Å²) in [6, 6.07) is 5.71.